The summed E-state index contributed by atoms with van der Waals surface area (Å²) >= 11 is 0. The second-order valence-corrected chi connectivity index (χ2v) is 4.34. The number of nitrogens with two attached hydrogens (primary N) is 1. The zero-order valence-corrected chi connectivity index (χ0v) is 10.3. The van der Waals surface area contributed by atoms with E-state index < -0.39 is 18.0 Å². The quantitative estimate of drug-likeness (QED) is 0.570. The van der Waals surface area contributed by atoms with Crippen molar-refractivity contribution in [2.24, 2.45) is 0 Å². The van der Waals surface area contributed by atoms with Gasteiger partial charge in [-0.1, -0.05) is 42.5 Å². The van der Waals surface area contributed by atoms with Crippen LogP contribution in [-0.4, -0.2) is 22.6 Å². The first-order valence-corrected chi connectivity index (χ1v) is 5.87. The first-order chi connectivity index (χ1) is 9.08. The maximum Gasteiger partial charge on any atom is 0.201 e. The summed E-state index contributed by atoms with van der Waals surface area (Å²) in [5, 5.41) is 19.9. The molecule has 1 atom stereocenters. The Kier molecular flexibility index (Phi) is 3.64. The summed E-state index contributed by atoms with van der Waals surface area (Å²) in [5.74, 6) is -0.541. The summed E-state index contributed by atoms with van der Waals surface area (Å²) in [5.41, 5.74) is 4.81. The van der Waals surface area contributed by atoms with Crippen LogP contribution in [0, 0.1) is 0 Å². The van der Waals surface area contributed by atoms with E-state index in [2.05, 4.69) is 0 Å². The van der Waals surface area contributed by atoms with Crippen LogP contribution in [0.15, 0.2) is 54.6 Å². The molecule has 98 valence electrons. The van der Waals surface area contributed by atoms with E-state index in [9.17, 15) is 15.0 Å². The summed E-state index contributed by atoms with van der Waals surface area (Å²) in [6.07, 6.45) is 0. The molecule has 0 spiro atoms. The number of hydrogen-bond acceptors (Lipinski definition) is 4. The van der Waals surface area contributed by atoms with E-state index in [0.717, 1.165) is 0 Å². The molecule has 0 fully saturated rings. The molecule has 19 heavy (non-hydrogen) atoms. The molecule has 4 heteroatoms. The van der Waals surface area contributed by atoms with Crippen molar-refractivity contribution in [1.82, 2.24) is 0 Å². The molecule has 2 aromatic rings. The van der Waals surface area contributed by atoms with Gasteiger partial charge in [-0.3, -0.25) is 4.79 Å². The number of Topliss-reactive ketones (excluding diaryl/α,β-unsaturated/α-hetero) is 1. The van der Waals surface area contributed by atoms with E-state index in [1.54, 1.807) is 42.5 Å². The second kappa shape index (κ2) is 5.22. The maximum absolute atomic E-state index is 12.3. The van der Waals surface area contributed by atoms with Crippen LogP contribution in [-0.2, 0) is 5.60 Å². The van der Waals surface area contributed by atoms with E-state index in [0.29, 0.717) is 16.8 Å². The lowest BCUT2D eigenvalue weighted by Gasteiger charge is -2.25. The van der Waals surface area contributed by atoms with Gasteiger partial charge in [-0.05, 0) is 17.7 Å². The van der Waals surface area contributed by atoms with Gasteiger partial charge in [-0.25, -0.2) is 0 Å². The Morgan fingerprint density at radius 1 is 1.05 bits per heavy atom. The number of benzene rings is 2. The number of rotatable bonds is 4. The second-order valence-electron chi connectivity index (χ2n) is 4.34. The minimum atomic E-state index is -1.95. The molecule has 0 amide bonds. The van der Waals surface area contributed by atoms with E-state index >= 15 is 0 Å². The zero-order chi connectivity index (χ0) is 13.9. The van der Waals surface area contributed by atoms with E-state index in [-0.39, 0.29) is 0 Å². The van der Waals surface area contributed by atoms with Crippen molar-refractivity contribution in [3.63, 3.8) is 0 Å². The van der Waals surface area contributed by atoms with Crippen molar-refractivity contribution in [2.45, 2.75) is 5.60 Å². The predicted octanol–water partition coefficient (Wildman–Crippen LogP) is 1.33. The van der Waals surface area contributed by atoms with Crippen molar-refractivity contribution >= 4 is 11.5 Å². The fraction of sp³-hybridized carbons (Fsp3) is 0.133. The number of ketones is 1. The average Bonchev–Trinajstić information content (AvgIpc) is 2.47. The van der Waals surface area contributed by atoms with Crippen molar-refractivity contribution in [2.75, 3.05) is 12.3 Å². The molecule has 0 heterocycles. The molecule has 1 unspecified atom stereocenters. The van der Waals surface area contributed by atoms with Crippen LogP contribution < -0.4 is 5.73 Å². The predicted molar refractivity (Wildman–Crippen MR) is 72.6 cm³/mol. The topological polar surface area (TPSA) is 83.6 Å². The number of aliphatic hydroxyl groups excluding tert-OH is 1. The molecule has 2 aromatic carbocycles. The van der Waals surface area contributed by atoms with Crippen LogP contribution in [0.4, 0.5) is 5.69 Å². The summed E-state index contributed by atoms with van der Waals surface area (Å²) in [7, 11) is 0. The minimum Gasteiger partial charge on any atom is -0.399 e. The highest BCUT2D eigenvalue weighted by Crippen LogP contribution is 2.26. The van der Waals surface area contributed by atoms with Gasteiger partial charge in [0, 0.05) is 11.3 Å². The molecule has 0 aromatic heterocycles. The van der Waals surface area contributed by atoms with E-state index in [1.807, 2.05) is 0 Å². The highest BCUT2D eigenvalue weighted by molar-refractivity contribution is 6.03. The Bertz CT molecular complexity index is 566. The van der Waals surface area contributed by atoms with Gasteiger partial charge < -0.3 is 15.9 Å². The largest absolute Gasteiger partial charge is 0.399 e. The van der Waals surface area contributed by atoms with Gasteiger partial charge in [0.05, 0.1) is 6.61 Å². The number of carbonyl (C=O) groups is 1. The van der Waals surface area contributed by atoms with Crippen LogP contribution in [0.2, 0.25) is 0 Å². The molecule has 0 aliphatic carbocycles. The molecule has 0 aliphatic rings. The lowest BCUT2D eigenvalue weighted by Crippen LogP contribution is -2.39. The average molecular weight is 257 g/mol. The Labute approximate surface area is 111 Å². The summed E-state index contributed by atoms with van der Waals surface area (Å²) in [6.45, 7) is -0.690. The first-order valence-electron chi connectivity index (χ1n) is 5.87. The smallest absolute Gasteiger partial charge is 0.201 e. The molecule has 4 N–H and O–H groups in total. The monoisotopic (exact) mass is 257 g/mol. The summed E-state index contributed by atoms with van der Waals surface area (Å²) < 4.78 is 0. The van der Waals surface area contributed by atoms with Gasteiger partial charge in [-0.15, -0.1) is 0 Å². The first kappa shape index (κ1) is 13.3. The number of carbonyl (C=O) groups excluding carboxylic acids is 1. The van der Waals surface area contributed by atoms with Gasteiger partial charge in [0.15, 0.2) is 5.60 Å². The third kappa shape index (κ3) is 2.50. The van der Waals surface area contributed by atoms with Crippen molar-refractivity contribution in [3.05, 3.63) is 65.7 Å². The molecule has 0 saturated heterocycles. The Morgan fingerprint density at radius 2 is 1.63 bits per heavy atom. The Morgan fingerprint density at radius 3 is 2.16 bits per heavy atom. The fourth-order valence-electron chi connectivity index (χ4n) is 1.88. The number of nitrogen functional groups attached to an aromatic ring is 1. The van der Waals surface area contributed by atoms with Crippen LogP contribution in [0.5, 0.6) is 0 Å². The molecule has 0 saturated carbocycles. The van der Waals surface area contributed by atoms with Gasteiger partial charge in [0.1, 0.15) is 0 Å². The van der Waals surface area contributed by atoms with Gasteiger partial charge in [0.25, 0.3) is 0 Å². The molecular formula is C15H15NO3. The SMILES string of the molecule is Nc1ccc(C(O)(CO)C(=O)c2ccccc2)cc1. The Balaban J connectivity index is 2.43. The van der Waals surface area contributed by atoms with Crippen LogP contribution in [0.1, 0.15) is 15.9 Å². The fourth-order valence-corrected chi connectivity index (χ4v) is 1.88. The molecule has 2 rings (SSSR count). The lowest BCUT2D eigenvalue weighted by molar-refractivity contribution is -0.00399. The standard InChI is InChI=1S/C15H15NO3/c16-13-8-6-12(7-9-13)15(19,10-17)14(18)11-4-2-1-3-5-11/h1-9,17,19H,10,16H2. The normalized spacial score (nSPS) is 13.8. The van der Waals surface area contributed by atoms with Gasteiger partial charge in [-0.2, -0.15) is 0 Å². The number of aliphatic hydroxyl groups is 2. The number of anilines is 1. The maximum atomic E-state index is 12.3. The van der Waals surface area contributed by atoms with Crippen LogP contribution in [0.25, 0.3) is 0 Å². The zero-order valence-electron chi connectivity index (χ0n) is 10.3. The van der Waals surface area contributed by atoms with Gasteiger partial charge >= 0.3 is 0 Å². The van der Waals surface area contributed by atoms with Crippen LogP contribution >= 0.6 is 0 Å². The summed E-state index contributed by atoms with van der Waals surface area (Å²) in [6, 6.07) is 14.6. The Hall–Kier alpha value is -2.17. The molecular weight excluding hydrogens is 242 g/mol. The lowest BCUT2D eigenvalue weighted by atomic mass is 9.86. The third-order valence-corrected chi connectivity index (χ3v) is 3.03. The van der Waals surface area contributed by atoms with Crippen LogP contribution in [0.3, 0.4) is 0 Å². The van der Waals surface area contributed by atoms with Crippen molar-refractivity contribution < 1.29 is 15.0 Å². The highest BCUT2D eigenvalue weighted by atomic mass is 16.3. The number of hydrogen-bond donors (Lipinski definition) is 3. The van der Waals surface area contributed by atoms with E-state index in [1.165, 1.54) is 12.1 Å². The molecule has 0 aliphatic heterocycles. The van der Waals surface area contributed by atoms with Crippen molar-refractivity contribution in [3.8, 4) is 0 Å². The minimum absolute atomic E-state index is 0.318. The third-order valence-electron chi connectivity index (χ3n) is 3.03. The van der Waals surface area contributed by atoms with E-state index in [4.69, 9.17) is 5.73 Å². The van der Waals surface area contributed by atoms with Gasteiger partial charge in [0.2, 0.25) is 5.78 Å². The molecule has 0 bridgehead atoms. The van der Waals surface area contributed by atoms with Crippen molar-refractivity contribution in [1.29, 1.82) is 0 Å². The molecule has 4 nitrogen and oxygen atoms in total. The molecule has 0 radical (unpaired) electrons. The highest BCUT2D eigenvalue weighted by Gasteiger charge is 2.37. The summed E-state index contributed by atoms with van der Waals surface area (Å²) in [4.78, 5) is 12.3.